The number of hydrogen-bond acceptors (Lipinski definition) is 4. The Morgan fingerprint density at radius 3 is 2.75 bits per heavy atom. The molecular weight excluding hydrogens is 202 g/mol. The van der Waals surface area contributed by atoms with Gasteiger partial charge in [0.2, 0.25) is 0 Å². The van der Waals surface area contributed by atoms with Crippen molar-refractivity contribution >= 4 is 11.7 Å². The number of aromatic nitrogens is 2. The highest BCUT2D eigenvalue weighted by Crippen LogP contribution is 2.12. The lowest BCUT2D eigenvalue weighted by Crippen LogP contribution is -2.35. The van der Waals surface area contributed by atoms with E-state index >= 15 is 0 Å². The van der Waals surface area contributed by atoms with Gasteiger partial charge in [-0.2, -0.15) is 0 Å². The molecule has 0 bridgehead atoms. The Bertz CT molecular complexity index is 363. The van der Waals surface area contributed by atoms with E-state index in [4.69, 9.17) is 11.1 Å². The van der Waals surface area contributed by atoms with Gasteiger partial charge < -0.3 is 10.6 Å². The molecule has 1 heterocycles. The molecule has 3 N–H and O–H groups in total. The number of nitrogens with zero attached hydrogens (tertiary/aromatic N) is 3. The van der Waals surface area contributed by atoms with Gasteiger partial charge in [0.25, 0.3) is 0 Å². The van der Waals surface area contributed by atoms with Crippen molar-refractivity contribution in [2.24, 2.45) is 11.7 Å². The zero-order chi connectivity index (χ0) is 12.1. The van der Waals surface area contributed by atoms with Gasteiger partial charge in [0, 0.05) is 30.8 Å². The van der Waals surface area contributed by atoms with Crippen LogP contribution in [0.3, 0.4) is 0 Å². The average Bonchev–Trinajstić information content (AvgIpc) is 2.25. The molecule has 0 saturated carbocycles. The van der Waals surface area contributed by atoms with Crippen LogP contribution in [0.1, 0.15) is 19.5 Å². The van der Waals surface area contributed by atoms with Gasteiger partial charge in [-0.25, -0.2) is 9.97 Å². The second-order valence-corrected chi connectivity index (χ2v) is 3.91. The molecule has 1 rings (SSSR count). The number of nitrogens with two attached hydrogens (primary N) is 1. The molecule has 0 radical (unpaired) electrons. The first-order chi connectivity index (χ1) is 7.54. The fourth-order valence-corrected chi connectivity index (χ4v) is 1.43. The molecule has 5 nitrogen and oxygen atoms in total. The molecule has 0 aliphatic heterocycles. The van der Waals surface area contributed by atoms with Crippen molar-refractivity contribution in [2.75, 3.05) is 18.0 Å². The number of anilines is 1. The zero-order valence-corrected chi connectivity index (χ0v) is 10.1. The van der Waals surface area contributed by atoms with Gasteiger partial charge in [-0.05, 0) is 13.8 Å². The Morgan fingerprint density at radius 2 is 2.25 bits per heavy atom. The standard InChI is InChI=1S/C11H19N5/c1-4-16(6-8(2)11(12)13)10-5-9(3)14-7-15-10/h5,7-8H,4,6H2,1-3H3,(H3,12,13). The van der Waals surface area contributed by atoms with E-state index in [9.17, 15) is 0 Å². The summed E-state index contributed by atoms with van der Waals surface area (Å²) in [4.78, 5) is 10.4. The third-order valence-electron chi connectivity index (χ3n) is 2.52. The fourth-order valence-electron chi connectivity index (χ4n) is 1.43. The van der Waals surface area contributed by atoms with Crippen LogP contribution in [-0.4, -0.2) is 28.9 Å². The van der Waals surface area contributed by atoms with Gasteiger partial charge in [-0.1, -0.05) is 6.92 Å². The maximum Gasteiger partial charge on any atom is 0.132 e. The molecule has 1 atom stereocenters. The maximum absolute atomic E-state index is 7.39. The molecule has 0 fully saturated rings. The molecule has 1 aromatic heterocycles. The summed E-state index contributed by atoms with van der Waals surface area (Å²) in [5.74, 6) is 1.14. The highest BCUT2D eigenvalue weighted by molar-refractivity contribution is 5.79. The molecule has 0 saturated heterocycles. The van der Waals surface area contributed by atoms with Crippen LogP contribution in [0.15, 0.2) is 12.4 Å². The normalized spacial score (nSPS) is 12.2. The number of rotatable bonds is 5. The molecule has 5 heteroatoms. The molecule has 1 aromatic rings. The van der Waals surface area contributed by atoms with Crippen LogP contribution in [0, 0.1) is 18.3 Å². The lowest BCUT2D eigenvalue weighted by molar-refractivity contribution is 0.688. The lowest BCUT2D eigenvalue weighted by Gasteiger charge is -2.25. The number of amidine groups is 1. The minimum absolute atomic E-state index is 0.0372. The van der Waals surface area contributed by atoms with Gasteiger partial charge in [0.05, 0.1) is 5.84 Å². The maximum atomic E-state index is 7.39. The Morgan fingerprint density at radius 1 is 1.56 bits per heavy atom. The van der Waals surface area contributed by atoms with E-state index in [-0.39, 0.29) is 11.8 Å². The summed E-state index contributed by atoms with van der Waals surface area (Å²) in [6.07, 6.45) is 1.56. The summed E-state index contributed by atoms with van der Waals surface area (Å²) in [7, 11) is 0. The molecule has 0 amide bonds. The van der Waals surface area contributed by atoms with Crippen LogP contribution in [0.5, 0.6) is 0 Å². The summed E-state index contributed by atoms with van der Waals surface area (Å²) < 4.78 is 0. The highest BCUT2D eigenvalue weighted by Gasteiger charge is 2.12. The predicted molar refractivity (Wildman–Crippen MR) is 65.7 cm³/mol. The molecule has 0 spiro atoms. The first-order valence-corrected chi connectivity index (χ1v) is 5.42. The van der Waals surface area contributed by atoms with Crippen LogP contribution in [0.2, 0.25) is 0 Å². The molecule has 88 valence electrons. The van der Waals surface area contributed by atoms with E-state index in [0.717, 1.165) is 18.1 Å². The van der Waals surface area contributed by atoms with E-state index in [1.54, 1.807) is 6.33 Å². The third-order valence-corrected chi connectivity index (χ3v) is 2.52. The molecule has 0 aliphatic rings. The monoisotopic (exact) mass is 221 g/mol. The minimum Gasteiger partial charge on any atom is -0.387 e. The summed E-state index contributed by atoms with van der Waals surface area (Å²) in [5.41, 5.74) is 6.41. The van der Waals surface area contributed by atoms with E-state index in [0.29, 0.717) is 6.54 Å². The van der Waals surface area contributed by atoms with Gasteiger partial charge in [0.15, 0.2) is 0 Å². The Labute approximate surface area is 96.2 Å². The van der Waals surface area contributed by atoms with Gasteiger partial charge in [-0.3, -0.25) is 5.41 Å². The lowest BCUT2D eigenvalue weighted by atomic mass is 10.1. The van der Waals surface area contributed by atoms with E-state index in [1.165, 1.54) is 0 Å². The Balaban J connectivity index is 2.78. The zero-order valence-electron chi connectivity index (χ0n) is 10.1. The predicted octanol–water partition coefficient (Wildman–Crippen LogP) is 1.18. The van der Waals surface area contributed by atoms with Crippen molar-refractivity contribution in [2.45, 2.75) is 20.8 Å². The first-order valence-electron chi connectivity index (χ1n) is 5.42. The van der Waals surface area contributed by atoms with E-state index < -0.39 is 0 Å². The SMILES string of the molecule is CCN(CC(C)C(=N)N)c1cc(C)ncn1. The molecule has 0 aliphatic carbocycles. The van der Waals surface area contributed by atoms with Crippen molar-refractivity contribution in [1.82, 2.24) is 9.97 Å². The highest BCUT2D eigenvalue weighted by atomic mass is 15.2. The quantitative estimate of drug-likeness (QED) is 0.578. The smallest absolute Gasteiger partial charge is 0.132 e. The second-order valence-electron chi connectivity index (χ2n) is 3.91. The van der Waals surface area contributed by atoms with Crippen molar-refractivity contribution in [1.29, 1.82) is 5.41 Å². The second kappa shape index (κ2) is 5.44. The molecule has 16 heavy (non-hydrogen) atoms. The number of aryl methyl sites for hydroxylation is 1. The van der Waals surface area contributed by atoms with Crippen molar-refractivity contribution < 1.29 is 0 Å². The average molecular weight is 221 g/mol. The molecule has 0 aromatic carbocycles. The third kappa shape index (κ3) is 3.18. The van der Waals surface area contributed by atoms with Crippen LogP contribution in [0.4, 0.5) is 5.82 Å². The Kier molecular flexibility index (Phi) is 4.22. The molecular formula is C11H19N5. The van der Waals surface area contributed by atoms with Crippen molar-refractivity contribution in [3.05, 3.63) is 18.1 Å². The van der Waals surface area contributed by atoms with Gasteiger partial charge in [-0.15, -0.1) is 0 Å². The van der Waals surface area contributed by atoms with E-state index in [2.05, 4.69) is 21.8 Å². The number of hydrogen-bond donors (Lipinski definition) is 2. The topological polar surface area (TPSA) is 78.9 Å². The van der Waals surface area contributed by atoms with Crippen LogP contribution >= 0.6 is 0 Å². The summed E-state index contributed by atoms with van der Waals surface area (Å²) in [6.45, 7) is 7.49. The van der Waals surface area contributed by atoms with Crippen LogP contribution in [0.25, 0.3) is 0 Å². The first kappa shape index (κ1) is 12.4. The summed E-state index contributed by atoms with van der Waals surface area (Å²) in [5, 5.41) is 7.39. The van der Waals surface area contributed by atoms with Crippen molar-refractivity contribution in [3.63, 3.8) is 0 Å². The van der Waals surface area contributed by atoms with Gasteiger partial charge >= 0.3 is 0 Å². The number of nitrogens with one attached hydrogen (secondary N) is 1. The summed E-state index contributed by atoms with van der Waals surface area (Å²) >= 11 is 0. The van der Waals surface area contributed by atoms with Crippen LogP contribution in [-0.2, 0) is 0 Å². The fraction of sp³-hybridized carbons (Fsp3) is 0.545. The minimum atomic E-state index is 0.0372. The van der Waals surface area contributed by atoms with Crippen LogP contribution < -0.4 is 10.6 Å². The Hall–Kier alpha value is -1.65. The largest absolute Gasteiger partial charge is 0.387 e. The molecule has 1 unspecified atom stereocenters. The van der Waals surface area contributed by atoms with Gasteiger partial charge in [0.1, 0.15) is 12.1 Å². The van der Waals surface area contributed by atoms with E-state index in [1.807, 2.05) is 19.9 Å². The summed E-state index contributed by atoms with van der Waals surface area (Å²) in [6, 6.07) is 1.94. The van der Waals surface area contributed by atoms with Crippen molar-refractivity contribution in [3.8, 4) is 0 Å².